The van der Waals surface area contributed by atoms with Crippen LogP contribution in [0, 0.1) is 0 Å². The zero-order valence-corrected chi connectivity index (χ0v) is 15.8. The van der Waals surface area contributed by atoms with Crippen molar-refractivity contribution >= 4 is 24.2 Å². The highest BCUT2D eigenvalue weighted by molar-refractivity contribution is 9.10. The van der Waals surface area contributed by atoms with E-state index in [1.807, 2.05) is 37.3 Å². The Morgan fingerprint density at radius 2 is 1.92 bits per heavy atom. The molecule has 0 radical (unpaired) electrons. The minimum Gasteiger partial charge on any atom is -0.376 e. The summed E-state index contributed by atoms with van der Waals surface area (Å²) in [6, 6.07) is 14.0. The van der Waals surface area contributed by atoms with Gasteiger partial charge in [-0.05, 0) is 27.8 Å². The van der Waals surface area contributed by atoms with Crippen LogP contribution in [0.1, 0.15) is 29.5 Å². The van der Waals surface area contributed by atoms with Gasteiger partial charge in [0.2, 0.25) is 0 Å². The predicted molar refractivity (Wildman–Crippen MR) is 93.5 cm³/mol. The highest BCUT2D eigenvalue weighted by atomic mass is 79.9. The Hall–Kier alpha value is -1.24. The fourth-order valence-corrected chi connectivity index (χ4v) is 3.21. The maximum atomic E-state index is 13.7. The number of hydrogen-bond donors (Lipinski definition) is 1. The van der Waals surface area contributed by atoms with Gasteiger partial charge in [-0.3, -0.25) is 0 Å². The third-order valence-corrected chi connectivity index (χ3v) is 4.59. The van der Waals surface area contributed by atoms with E-state index >= 15 is 0 Å². The van der Waals surface area contributed by atoms with E-state index in [4.69, 9.17) is 9.63 Å². The summed E-state index contributed by atoms with van der Waals surface area (Å²) < 4.78 is 47.4. The van der Waals surface area contributed by atoms with Crippen LogP contribution in [0.25, 0.3) is 0 Å². The maximum absolute atomic E-state index is 13.7. The topological polar surface area (TPSA) is 55.8 Å². The Kier molecular flexibility index (Phi) is 7.16. The van der Waals surface area contributed by atoms with Crippen LogP contribution in [0.5, 0.6) is 0 Å². The van der Waals surface area contributed by atoms with Gasteiger partial charge in [-0.2, -0.15) is 8.78 Å². The number of ether oxygens (including phenoxy) is 1. The van der Waals surface area contributed by atoms with Gasteiger partial charge in [0.1, 0.15) is 0 Å². The van der Waals surface area contributed by atoms with Crippen molar-refractivity contribution in [2.24, 2.45) is 0 Å². The van der Waals surface area contributed by atoms with Gasteiger partial charge in [0, 0.05) is 15.0 Å². The molecule has 0 fully saturated rings. The normalized spacial score (nSPS) is 13.6. The molecule has 2 unspecified atom stereocenters. The van der Waals surface area contributed by atoms with Crippen LogP contribution >= 0.6 is 24.2 Å². The zero-order valence-electron chi connectivity index (χ0n) is 13.4. The van der Waals surface area contributed by atoms with Crippen LogP contribution in [0.2, 0.25) is 0 Å². The highest BCUT2D eigenvalue weighted by Gasteiger charge is 2.44. The van der Waals surface area contributed by atoms with Gasteiger partial charge in [-0.15, -0.1) is 4.89 Å². The first kappa shape index (κ1) is 20.1. The van der Waals surface area contributed by atoms with E-state index in [2.05, 4.69) is 20.5 Å². The second kappa shape index (κ2) is 8.92. The standard InChI is InChI=1S/C17H16BrF2O4P/c1-12(14-5-3-2-4-6-14)10-23-11-13-7-8-15(16(18)9-13)17(19,20)24-25(21)22/h2-9,12H,10-11H2,1H3/p+1. The molecule has 0 aromatic heterocycles. The quantitative estimate of drug-likeness (QED) is 0.559. The van der Waals surface area contributed by atoms with Gasteiger partial charge >= 0.3 is 14.4 Å². The van der Waals surface area contributed by atoms with Crippen molar-refractivity contribution in [3.05, 3.63) is 69.7 Å². The van der Waals surface area contributed by atoms with E-state index in [1.165, 1.54) is 12.1 Å². The van der Waals surface area contributed by atoms with E-state index < -0.39 is 19.9 Å². The fourth-order valence-electron chi connectivity index (χ4n) is 2.26. The lowest BCUT2D eigenvalue weighted by molar-refractivity contribution is -0.186. The second-order valence-corrected chi connectivity index (χ2v) is 7.00. The van der Waals surface area contributed by atoms with Crippen LogP contribution in [-0.2, 0) is 26.5 Å². The van der Waals surface area contributed by atoms with Gasteiger partial charge < -0.3 is 4.74 Å². The summed E-state index contributed by atoms with van der Waals surface area (Å²) in [5, 5.41) is 0. The van der Waals surface area contributed by atoms with E-state index in [0.717, 1.165) is 11.6 Å². The van der Waals surface area contributed by atoms with E-state index in [0.29, 0.717) is 12.2 Å². The van der Waals surface area contributed by atoms with Crippen molar-refractivity contribution in [3.63, 3.8) is 0 Å². The zero-order chi connectivity index (χ0) is 18.4. The molecule has 2 aromatic rings. The first-order valence-corrected chi connectivity index (χ1v) is 9.36. The molecule has 2 aromatic carbocycles. The molecule has 0 saturated carbocycles. The number of halogens is 3. The summed E-state index contributed by atoms with van der Waals surface area (Å²) in [6.07, 6.45) is -3.86. The summed E-state index contributed by atoms with van der Waals surface area (Å²) in [7, 11) is -3.42. The number of benzene rings is 2. The van der Waals surface area contributed by atoms with Gasteiger partial charge in [-0.1, -0.05) is 59.3 Å². The van der Waals surface area contributed by atoms with Gasteiger partial charge in [0.15, 0.2) is 0 Å². The van der Waals surface area contributed by atoms with Crippen LogP contribution in [0.4, 0.5) is 8.78 Å². The summed E-state index contributed by atoms with van der Waals surface area (Å²) in [6.45, 7) is 2.80. The molecule has 8 heteroatoms. The molecule has 0 bridgehead atoms. The molecular formula is C17H17BrF2O4P+. The van der Waals surface area contributed by atoms with E-state index in [1.54, 1.807) is 0 Å². The fraction of sp³-hybridized carbons (Fsp3) is 0.294. The number of hydrogen-bond acceptors (Lipinski definition) is 3. The molecule has 0 aliphatic heterocycles. The average Bonchev–Trinajstić information content (AvgIpc) is 2.54. The largest absolute Gasteiger partial charge is 0.701 e. The van der Waals surface area contributed by atoms with E-state index in [-0.39, 0.29) is 17.0 Å². The summed E-state index contributed by atoms with van der Waals surface area (Å²) >= 11 is 3.04. The van der Waals surface area contributed by atoms with Crippen molar-refractivity contribution in [1.29, 1.82) is 0 Å². The molecule has 0 heterocycles. The summed E-state index contributed by atoms with van der Waals surface area (Å²) in [5.74, 6) is 0.211. The Labute approximate surface area is 153 Å². The minimum atomic E-state index is -3.86. The van der Waals surface area contributed by atoms with Crippen molar-refractivity contribution in [2.45, 2.75) is 25.6 Å². The smallest absolute Gasteiger partial charge is 0.376 e. The van der Waals surface area contributed by atoms with Gasteiger partial charge in [-0.25, -0.2) is 0 Å². The van der Waals surface area contributed by atoms with Crippen LogP contribution in [0.3, 0.4) is 0 Å². The van der Waals surface area contributed by atoms with Crippen LogP contribution < -0.4 is 0 Å². The molecule has 0 amide bonds. The summed E-state index contributed by atoms with van der Waals surface area (Å²) in [5.41, 5.74) is 1.33. The lowest BCUT2D eigenvalue weighted by Crippen LogP contribution is -2.15. The Balaban J connectivity index is 1.96. The van der Waals surface area contributed by atoms with E-state index in [9.17, 15) is 13.3 Å². The first-order valence-electron chi connectivity index (χ1n) is 7.44. The van der Waals surface area contributed by atoms with Crippen molar-refractivity contribution in [1.82, 2.24) is 0 Å². The highest BCUT2D eigenvalue weighted by Crippen LogP contribution is 2.41. The minimum absolute atomic E-state index is 0.0755. The molecule has 2 rings (SSSR count). The molecular weight excluding hydrogens is 417 g/mol. The van der Waals surface area contributed by atoms with Crippen molar-refractivity contribution < 1.29 is 27.5 Å². The first-order chi connectivity index (χ1) is 11.8. The predicted octanol–water partition coefficient (Wildman–Crippen LogP) is 5.49. The Morgan fingerprint density at radius 1 is 1.24 bits per heavy atom. The molecule has 0 aliphatic rings. The molecule has 0 saturated heterocycles. The average molecular weight is 434 g/mol. The molecule has 1 N–H and O–H groups in total. The third-order valence-electron chi connectivity index (χ3n) is 3.54. The summed E-state index contributed by atoms with van der Waals surface area (Å²) in [4.78, 5) is 8.53. The molecule has 0 aliphatic carbocycles. The van der Waals surface area contributed by atoms with Crippen LogP contribution in [0.15, 0.2) is 53.0 Å². The maximum Gasteiger partial charge on any atom is 0.701 e. The Morgan fingerprint density at radius 3 is 2.52 bits per heavy atom. The monoisotopic (exact) mass is 433 g/mol. The number of alkyl halides is 2. The molecule has 134 valence electrons. The molecule has 2 atom stereocenters. The lowest BCUT2D eigenvalue weighted by atomic mass is 10.0. The third kappa shape index (κ3) is 5.90. The van der Waals surface area contributed by atoms with Crippen molar-refractivity contribution in [3.8, 4) is 0 Å². The molecule has 4 nitrogen and oxygen atoms in total. The van der Waals surface area contributed by atoms with Gasteiger partial charge in [0.05, 0.1) is 18.8 Å². The second-order valence-electron chi connectivity index (χ2n) is 5.49. The molecule has 25 heavy (non-hydrogen) atoms. The van der Waals surface area contributed by atoms with Crippen molar-refractivity contribution in [2.75, 3.05) is 6.61 Å². The Bertz CT molecular complexity index is 728. The molecule has 0 spiro atoms. The van der Waals surface area contributed by atoms with Gasteiger partial charge in [0.25, 0.3) is 0 Å². The SMILES string of the molecule is CC(COCc1ccc(C(F)(F)O[P+](=O)O)c(Br)c1)c1ccccc1. The number of rotatable bonds is 8. The van der Waals surface area contributed by atoms with Crippen LogP contribution in [-0.4, -0.2) is 11.5 Å². The lowest BCUT2D eigenvalue weighted by Gasteiger charge is -2.14.